The Hall–Kier alpha value is -3.10. The molecule has 126 valence electrons. The lowest BCUT2D eigenvalue weighted by Gasteiger charge is -2.11. The number of rotatable bonds is 5. The van der Waals surface area contributed by atoms with E-state index < -0.39 is 22.4 Å². The summed E-state index contributed by atoms with van der Waals surface area (Å²) in [6, 6.07) is 5.93. The first-order valence-corrected chi connectivity index (χ1v) is 6.43. The molecule has 0 aliphatic carbocycles. The van der Waals surface area contributed by atoms with Gasteiger partial charge in [0.15, 0.2) is 6.29 Å². The first-order valence-electron chi connectivity index (χ1n) is 6.43. The summed E-state index contributed by atoms with van der Waals surface area (Å²) in [5, 5.41) is 11.0. The lowest BCUT2D eigenvalue weighted by molar-refractivity contribution is -0.385. The molecule has 9 heteroatoms. The number of halogens is 3. The van der Waals surface area contributed by atoms with E-state index in [1.807, 2.05) is 0 Å². The summed E-state index contributed by atoms with van der Waals surface area (Å²) in [7, 11) is 1.31. The molecule has 6 nitrogen and oxygen atoms in total. The molecule has 0 saturated carbocycles. The highest BCUT2D eigenvalue weighted by Gasteiger charge is 2.33. The summed E-state index contributed by atoms with van der Waals surface area (Å²) < 4.78 is 48.2. The third kappa shape index (κ3) is 3.62. The van der Waals surface area contributed by atoms with Crippen LogP contribution in [0.4, 0.5) is 18.9 Å². The molecular formula is C15H10F3NO5. The third-order valence-electron chi connectivity index (χ3n) is 3.04. The van der Waals surface area contributed by atoms with E-state index in [2.05, 4.69) is 0 Å². The largest absolute Gasteiger partial charge is 0.496 e. The summed E-state index contributed by atoms with van der Waals surface area (Å²) in [6.07, 6.45) is -4.17. The van der Waals surface area contributed by atoms with Gasteiger partial charge in [0.25, 0.3) is 0 Å². The number of hydrogen-bond acceptors (Lipinski definition) is 5. The van der Waals surface area contributed by atoms with Crippen molar-refractivity contribution in [2.24, 2.45) is 0 Å². The van der Waals surface area contributed by atoms with Crippen LogP contribution in [0.15, 0.2) is 36.4 Å². The van der Waals surface area contributed by atoms with E-state index in [0.29, 0.717) is 18.4 Å². The van der Waals surface area contributed by atoms with Crippen LogP contribution in [0.2, 0.25) is 0 Å². The van der Waals surface area contributed by atoms with Crippen molar-refractivity contribution < 1.29 is 32.4 Å². The SMILES string of the molecule is COc1cc(Oc2ccc(C(F)(F)F)cc2[N+](=O)[O-])ccc1C=O. The minimum absolute atomic E-state index is 0.0697. The lowest BCUT2D eigenvalue weighted by atomic mass is 10.1. The van der Waals surface area contributed by atoms with Gasteiger partial charge < -0.3 is 9.47 Å². The number of ether oxygens (including phenoxy) is 2. The summed E-state index contributed by atoms with van der Waals surface area (Å²) in [5.74, 6) is -0.133. The van der Waals surface area contributed by atoms with Crippen LogP contribution in [0.25, 0.3) is 0 Å². The van der Waals surface area contributed by atoms with Crippen LogP contribution in [0.1, 0.15) is 15.9 Å². The first kappa shape index (κ1) is 17.3. The average molecular weight is 341 g/mol. The van der Waals surface area contributed by atoms with E-state index in [9.17, 15) is 28.1 Å². The average Bonchev–Trinajstić information content (AvgIpc) is 2.53. The highest BCUT2D eigenvalue weighted by atomic mass is 19.4. The van der Waals surface area contributed by atoms with Crippen LogP contribution in [0, 0.1) is 10.1 Å². The maximum atomic E-state index is 12.7. The molecule has 0 amide bonds. The number of methoxy groups -OCH3 is 1. The molecule has 2 aromatic carbocycles. The minimum atomic E-state index is -4.71. The topological polar surface area (TPSA) is 78.7 Å². The van der Waals surface area contributed by atoms with E-state index in [1.165, 1.54) is 25.3 Å². The maximum absolute atomic E-state index is 12.7. The summed E-state index contributed by atoms with van der Waals surface area (Å²) >= 11 is 0. The molecule has 0 saturated heterocycles. The van der Waals surface area contributed by atoms with E-state index in [-0.39, 0.29) is 22.8 Å². The molecule has 0 aromatic heterocycles. The van der Waals surface area contributed by atoms with E-state index in [0.717, 1.165) is 6.07 Å². The maximum Gasteiger partial charge on any atom is 0.416 e. The number of benzene rings is 2. The van der Waals surface area contributed by atoms with Gasteiger partial charge in [0, 0.05) is 12.1 Å². The van der Waals surface area contributed by atoms with Crippen LogP contribution in [-0.2, 0) is 6.18 Å². The molecule has 24 heavy (non-hydrogen) atoms. The number of nitro benzene ring substituents is 1. The van der Waals surface area contributed by atoms with Crippen LogP contribution in [0.3, 0.4) is 0 Å². The van der Waals surface area contributed by atoms with Gasteiger partial charge in [-0.05, 0) is 24.3 Å². The van der Waals surface area contributed by atoms with Gasteiger partial charge in [-0.3, -0.25) is 14.9 Å². The molecule has 0 spiro atoms. The Morgan fingerprint density at radius 3 is 2.38 bits per heavy atom. The van der Waals surface area contributed by atoms with Gasteiger partial charge in [-0.2, -0.15) is 13.2 Å². The molecule has 0 radical (unpaired) electrons. The number of carbonyl (C=O) groups is 1. The quantitative estimate of drug-likeness (QED) is 0.462. The van der Waals surface area contributed by atoms with Crippen molar-refractivity contribution in [1.82, 2.24) is 0 Å². The molecule has 2 rings (SSSR count). The second-order valence-electron chi connectivity index (χ2n) is 4.56. The number of hydrogen-bond donors (Lipinski definition) is 0. The Morgan fingerprint density at radius 2 is 1.83 bits per heavy atom. The molecule has 0 bridgehead atoms. The van der Waals surface area contributed by atoms with Crippen molar-refractivity contribution in [3.05, 3.63) is 57.6 Å². The van der Waals surface area contributed by atoms with E-state index in [4.69, 9.17) is 9.47 Å². The fraction of sp³-hybridized carbons (Fsp3) is 0.133. The third-order valence-corrected chi connectivity index (χ3v) is 3.04. The monoisotopic (exact) mass is 341 g/mol. The Labute approximate surface area is 133 Å². The molecule has 0 heterocycles. The molecule has 0 aliphatic rings. The van der Waals surface area contributed by atoms with Crippen molar-refractivity contribution in [2.45, 2.75) is 6.18 Å². The highest BCUT2D eigenvalue weighted by Crippen LogP contribution is 2.38. The van der Waals surface area contributed by atoms with Gasteiger partial charge in [0.1, 0.15) is 11.5 Å². The van der Waals surface area contributed by atoms with Gasteiger partial charge >= 0.3 is 11.9 Å². The fourth-order valence-electron chi connectivity index (χ4n) is 1.90. The zero-order valence-electron chi connectivity index (χ0n) is 12.2. The van der Waals surface area contributed by atoms with Crippen LogP contribution >= 0.6 is 0 Å². The standard InChI is InChI=1S/C15H10F3NO5/c1-23-14-7-11(4-2-9(14)8-20)24-13-5-3-10(15(16,17)18)6-12(13)19(21)22/h2-8H,1H3. The number of alkyl halides is 3. The van der Waals surface area contributed by atoms with Crippen molar-refractivity contribution in [2.75, 3.05) is 7.11 Å². The second-order valence-corrected chi connectivity index (χ2v) is 4.56. The molecule has 0 N–H and O–H groups in total. The molecular weight excluding hydrogens is 331 g/mol. The highest BCUT2D eigenvalue weighted by molar-refractivity contribution is 5.79. The molecule has 2 aromatic rings. The molecule has 0 atom stereocenters. The van der Waals surface area contributed by atoms with Gasteiger partial charge in [0.05, 0.1) is 23.2 Å². The number of carbonyl (C=O) groups excluding carboxylic acids is 1. The summed E-state index contributed by atoms with van der Waals surface area (Å²) in [6.45, 7) is 0. The van der Waals surface area contributed by atoms with Gasteiger partial charge in [-0.15, -0.1) is 0 Å². The van der Waals surface area contributed by atoms with Gasteiger partial charge in [-0.25, -0.2) is 0 Å². The molecule has 0 fully saturated rings. The Morgan fingerprint density at radius 1 is 1.12 bits per heavy atom. The van der Waals surface area contributed by atoms with E-state index in [1.54, 1.807) is 0 Å². The molecule has 0 unspecified atom stereocenters. The summed E-state index contributed by atoms with van der Waals surface area (Å²) in [5.41, 5.74) is -1.76. The number of nitrogens with zero attached hydrogens (tertiary/aromatic N) is 1. The normalized spacial score (nSPS) is 11.0. The van der Waals surface area contributed by atoms with Crippen molar-refractivity contribution in [1.29, 1.82) is 0 Å². The summed E-state index contributed by atoms with van der Waals surface area (Å²) in [4.78, 5) is 20.8. The first-order chi connectivity index (χ1) is 11.3. The van der Waals surface area contributed by atoms with Gasteiger partial charge in [0.2, 0.25) is 5.75 Å². The smallest absolute Gasteiger partial charge is 0.416 e. The van der Waals surface area contributed by atoms with Crippen LogP contribution in [-0.4, -0.2) is 18.3 Å². The minimum Gasteiger partial charge on any atom is -0.496 e. The van der Waals surface area contributed by atoms with Gasteiger partial charge in [-0.1, -0.05) is 0 Å². The Kier molecular flexibility index (Phi) is 4.72. The van der Waals surface area contributed by atoms with Crippen molar-refractivity contribution in [3.63, 3.8) is 0 Å². The van der Waals surface area contributed by atoms with E-state index >= 15 is 0 Å². The Balaban J connectivity index is 2.42. The van der Waals surface area contributed by atoms with Crippen LogP contribution in [0.5, 0.6) is 17.2 Å². The fourth-order valence-corrected chi connectivity index (χ4v) is 1.90. The second kappa shape index (κ2) is 6.57. The van der Waals surface area contributed by atoms with Crippen molar-refractivity contribution in [3.8, 4) is 17.2 Å². The van der Waals surface area contributed by atoms with Crippen LogP contribution < -0.4 is 9.47 Å². The predicted molar refractivity (Wildman–Crippen MR) is 76.6 cm³/mol. The lowest BCUT2D eigenvalue weighted by Crippen LogP contribution is -2.06. The predicted octanol–water partition coefficient (Wildman–Crippen LogP) is 4.23. The number of aldehydes is 1. The Bertz CT molecular complexity index is 789. The zero-order valence-corrected chi connectivity index (χ0v) is 12.2. The zero-order chi connectivity index (χ0) is 17.9. The van der Waals surface area contributed by atoms with Crippen molar-refractivity contribution >= 4 is 12.0 Å². The molecule has 0 aliphatic heterocycles. The number of nitro groups is 1.